The molecule has 2 rings (SSSR count). The van der Waals surface area contributed by atoms with Gasteiger partial charge in [-0.25, -0.2) is 4.79 Å². The fourth-order valence-corrected chi connectivity index (χ4v) is 3.94. The number of piperidine rings is 1. The van der Waals surface area contributed by atoms with Gasteiger partial charge in [-0.1, -0.05) is 26.2 Å². The van der Waals surface area contributed by atoms with Crippen LogP contribution in [0.15, 0.2) is 4.99 Å². The van der Waals surface area contributed by atoms with Gasteiger partial charge in [0.2, 0.25) is 0 Å². The molecule has 0 bridgehead atoms. The highest BCUT2D eigenvalue weighted by atomic mass is 16.2. The first-order valence-electron chi connectivity index (χ1n) is 9.67. The van der Waals surface area contributed by atoms with Crippen molar-refractivity contribution in [3.05, 3.63) is 0 Å². The number of guanidine groups is 1. The van der Waals surface area contributed by atoms with E-state index in [0.717, 1.165) is 56.8 Å². The molecule has 1 saturated heterocycles. The number of hydrogen-bond acceptors (Lipinski definition) is 2. The monoisotopic (exact) mass is 337 g/mol. The van der Waals surface area contributed by atoms with Gasteiger partial charge in [0.25, 0.3) is 0 Å². The molecule has 0 aromatic heterocycles. The van der Waals surface area contributed by atoms with E-state index in [9.17, 15) is 4.79 Å². The van der Waals surface area contributed by atoms with Crippen LogP contribution < -0.4 is 16.4 Å². The molecule has 6 heteroatoms. The lowest BCUT2D eigenvalue weighted by atomic mass is 9.81. The maximum atomic E-state index is 11.2. The second kappa shape index (κ2) is 9.74. The molecular weight excluding hydrogens is 302 g/mol. The van der Waals surface area contributed by atoms with Crippen molar-refractivity contribution >= 4 is 12.0 Å². The summed E-state index contributed by atoms with van der Waals surface area (Å²) in [5.41, 5.74) is 5.34. The SMILES string of the molecule is CCNC(=NCCC1CCCC(C)C1)NC1CCN(C(N)=O)CC1. The van der Waals surface area contributed by atoms with E-state index in [0.29, 0.717) is 6.04 Å². The van der Waals surface area contributed by atoms with Gasteiger partial charge in [0.15, 0.2) is 5.96 Å². The van der Waals surface area contributed by atoms with Crippen molar-refractivity contribution in [2.75, 3.05) is 26.2 Å². The van der Waals surface area contributed by atoms with Gasteiger partial charge >= 0.3 is 6.03 Å². The predicted octanol–water partition coefficient (Wildman–Crippen LogP) is 2.30. The van der Waals surface area contributed by atoms with E-state index in [4.69, 9.17) is 10.7 Å². The van der Waals surface area contributed by atoms with Gasteiger partial charge in [-0.2, -0.15) is 0 Å². The number of hydrogen-bond donors (Lipinski definition) is 3. The third kappa shape index (κ3) is 6.21. The topological polar surface area (TPSA) is 82.8 Å². The highest BCUT2D eigenvalue weighted by Gasteiger charge is 2.22. The normalized spacial score (nSPS) is 26.2. The summed E-state index contributed by atoms with van der Waals surface area (Å²) in [5.74, 6) is 2.65. The molecule has 1 heterocycles. The van der Waals surface area contributed by atoms with Crippen LogP contribution >= 0.6 is 0 Å². The molecule has 0 aromatic rings. The van der Waals surface area contributed by atoms with E-state index in [2.05, 4.69) is 24.5 Å². The van der Waals surface area contributed by atoms with Gasteiger partial charge in [0.05, 0.1) is 0 Å². The Balaban J connectivity index is 1.75. The van der Waals surface area contributed by atoms with Crippen LogP contribution in [0, 0.1) is 11.8 Å². The minimum Gasteiger partial charge on any atom is -0.357 e. The Hall–Kier alpha value is -1.46. The fraction of sp³-hybridized carbons (Fsp3) is 0.889. The average Bonchev–Trinajstić information content (AvgIpc) is 2.55. The lowest BCUT2D eigenvalue weighted by molar-refractivity contribution is 0.188. The van der Waals surface area contributed by atoms with Crippen molar-refractivity contribution < 1.29 is 4.79 Å². The number of nitrogens with two attached hydrogens (primary N) is 1. The molecule has 2 unspecified atom stereocenters. The molecular formula is C18H35N5O. The number of urea groups is 1. The summed E-state index contributed by atoms with van der Waals surface area (Å²) >= 11 is 0. The molecule has 2 aliphatic rings. The molecule has 1 saturated carbocycles. The first-order chi connectivity index (χ1) is 11.6. The maximum absolute atomic E-state index is 11.2. The van der Waals surface area contributed by atoms with Crippen molar-refractivity contribution in [1.82, 2.24) is 15.5 Å². The van der Waals surface area contributed by atoms with Crippen molar-refractivity contribution in [2.45, 2.75) is 64.8 Å². The quantitative estimate of drug-likeness (QED) is 0.532. The number of nitrogens with zero attached hydrogens (tertiary/aromatic N) is 2. The lowest BCUT2D eigenvalue weighted by Crippen LogP contribution is -2.50. The van der Waals surface area contributed by atoms with E-state index >= 15 is 0 Å². The second-order valence-electron chi connectivity index (χ2n) is 7.43. The molecule has 0 spiro atoms. The molecule has 0 aromatic carbocycles. The smallest absolute Gasteiger partial charge is 0.314 e. The van der Waals surface area contributed by atoms with Gasteiger partial charge in [-0.05, 0) is 44.4 Å². The number of primary amides is 1. The molecule has 2 amide bonds. The zero-order chi connectivity index (χ0) is 17.4. The van der Waals surface area contributed by atoms with Crippen LogP contribution in [0.1, 0.15) is 58.8 Å². The highest BCUT2D eigenvalue weighted by Crippen LogP contribution is 2.30. The van der Waals surface area contributed by atoms with Crippen molar-refractivity contribution in [2.24, 2.45) is 22.6 Å². The standard InChI is InChI=1S/C18H35N5O/c1-3-20-18(21-10-7-15-6-4-5-14(2)13-15)22-16-8-11-23(12-9-16)17(19)24/h14-16H,3-13H2,1-2H3,(H2,19,24)(H2,20,21,22). The number of carbonyl (C=O) groups is 1. The van der Waals surface area contributed by atoms with E-state index in [-0.39, 0.29) is 6.03 Å². The van der Waals surface area contributed by atoms with Gasteiger partial charge < -0.3 is 21.3 Å². The largest absolute Gasteiger partial charge is 0.357 e. The van der Waals surface area contributed by atoms with Crippen molar-refractivity contribution in [1.29, 1.82) is 0 Å². The summed E-state index contributed by atoms with van der Waals surface area (Å²) in [6.45, 7) is 7.69. The number of amides is 2. The Kier molecular flexibility index (Phi) is 7.66. The first kappa shape index (κ1) is 18.9. The number of carbonyl (C=O) groups excluding carboxylic acids is 1. The minimum atomic E-state index is -0.310. The molecule has 2 atom stereocenters. The molecule has 1 aliphatic carbocycles. The zero-order valence-corrected chi connectivity index (χ0v) is 15.4. The summed E-state index contributed by atoms with van der Waals surface area (Å²) in [7, 11) is 0. The van der Waals surface area contributed by atoms with Gasteiger partial charge in [-0.3, -0.25) is 4.99 Å². The summed E-state index contributed by atoms with van der Waals surface area (Å²) in [6.07, 6.45) is 8.56. The van der Waals surface area contributed by atoms with Crippen LogP contribution in [0.3, 0.4) is 0 Å². The number of rotatable bonds is 5. The van der Waals surface area contributed by atoms with E-state index in [1.165, 1.54) is 32.1 Å². The van der Waals surface area contributed by atoms with E-state index in [1.807, 2.05) is 0 Å². The molecule has 1 aliphatic heterocycles. The Morgan fingerprint density at radius 1 is 1.25 bits per heavy atom. The van der Waals surface area contributed by atoms with E-state index in [1.54, 1.807) is 4.90 Å². The van der Waals surface area contributed by atoms with Crippen molar-refractivity contribution in [3.63, 3.8) is 0 Å². The van der Waals surface area contributed by atoms with Crippen LogP contribution in [0.4, 0.5) is 4.79 Å². The summed E-state index contributed by atoms with van der Waals surface area (Å²) in [5, 5.41) is 6.87. The summed E-state index contributed by atoms with van der Waals surface area (Å²) in [6, 6.07) is 0.0591. The first-order valence-corrected chi connectivity index (χ1v) is 9.67. The van der Waals surface area contributed by atoms with Crippen LogP contribution in [0.2, 0.25) is 0 Å². The summed E-state index contributed by atoms with van der Waals surface area (Å²) in [4.78, 5) is 17.7. The zero-order valence-electron chi connectivity index (χ0n) is 15.4. The van der Waals surface area contributed by atoms with Gasteiger partial charge in [-0.15, -0.1) is 0 Å². The molecule has 6 nitrogen and oxygen atoms in total. The molecule has 138 valence electrons. The number of nitrogens with one attached hydrogen (secondary N) is 2. The highest BCUT2D eigenvalue weighted by molar-refractivity contribution is 5.80. The van der Waals surface area contributed by atoms with Crippen LogP contribution in [0.25, 0.3) is 0 Å². The lowest BCUT2D eigenvalue weighted by Gasteiger charge is -2.32. The third-order valence-corrected chi connectivity index (χ3v) is 5.34. The number of aliphatic imine (C=N–C) groups is 1. The second-order valence-corrected chi connectivity index (χ2v) is 7.43. The minimum absolute atomic E-state index is 0.310. The molecule has 4 N–H and O–H groups in total. The number of likely N-dealkylation sites (tertiary alicyclic amines) is 1. The van der Waals surface area contributed by atoms with Gasteiger partial charge in [0.1, 0.15) is 0 Å². The Labute approximate surface area is 146 Å². The van der Waals surface area contributed by atoms with Crippen LogP contribution in [0.5, 0.6) is 0 Å². The third-order valence-electron chi connectivity index (χ3n) is 5.34. The average molecular weight is 338 g/mol. The van der Waals surface area contributed by atoms with Crippen LogP contribution in [-0.2, 0) is 0 Å². The molecule has 24 heavy (non-hydrogen) atoms. The predicted molar refractivity (Wildman–Crippen MR) is 99.0 cm³/mol. The summed E-state index contributed by atoms with van der Waals surface area (Å²) < 4.78 is 0. The maximum Gasteiger partial charge on any atom is 0.314 e. The fourth-order valence-electron chi connectivity index (χ4n) is 3.94. The van der Waals surface area contributed by atoms with Crippen LogP contribution in [-0.4, -0.2) is 49.1 Å². The Morgan fingerprint density at radius 3 is 2.62 bits per heavy atom. The Bertz CT molecular complexity index is 418. The molecule has 0 radical (unpaired) electrons. The van der Waals surface area contributed by atoms with Crippen molar-refractivity contribution in [3.8, 4) is 0 Å². The Morgan fingerprint density at radius 2 is 2.00 bits per heavy atom. The van der Waals surface area contributed by atoms with Gasteiger partial charge in [0, 0.05) is 32.2 Å². The van der Waals surface area contributed by atoms with E-state index < -0.39 is 0 Å². The molecule has 2 fully saturated rings.